The van der Waals surface area contributed by atoms with Crippen LogP contribution in [0.1, 0.15) is 37.0 Å². The van der Waals surface area contributed by atoms with Gasteiger partial charge in [-0.15, -0.1) is 11.3 Å². The first-order valence-electron chi connectivity index (χ1n) is 9.86. The predicted molar refractivity (Wildman–Crippen MR) is 117 cm³/mol. The number of hydrogen-bond donors (Lipinski definition) is 0. The zero-order valence-corrected chi connectivity index (χ0v) is 17.8. The minimum atomic E-state index is -0.419. The summed E-state index contributed by atoms with van der Waals surface area (Å²) in [6.45, 7) is 1.97. The Labute approximate surface area is 179 Å². The van der Waals surface area contributed by atoms with E-state index in [1.165, 1.54) is 22.3 Å². The van der Waals surface area contributed by atoms with Gasteiger partial charge >= 0.3 is 0 Å². The molecule has 1 saturated carbocycles. The molecule has 1 aliphatic rings. The molecular weight excluding hydrogens is 407 g/mol. The van der Waals surface area contributed by atoms with Crippen molar-refractivity contribution in [1.29, 1.82) is 0 Å². The predicted octanol–water partition coefficient (Wildman–Crippen LogP) is 7.16. The summed E-state index contributed by atoms with van der Waals surface area (Å²) in [5, 5.41) is 1.16. The molecule has 1 aliphatic carbocycles. The van der Waals surface area contributed by atoms with Gasteiger partial charge in [0.2, 0.25) is 5.91 Å². The molecule has 1 heterocycles. The second-order valence-electron chi connectivity index (χ2n) is 7.37. The van der Waals surface area contributed by atoms with Crippen molar-refractivity contribution in [3.05, 3.63) is 64.2 Å². The molecule has 4 rings (SSSR count). The van der Waals surface area contributed by atoms with E-state index in [2.05, 4.69) is 0 Å². The van der Waals surface area contributed by atoms with Gasteiger partial charge in [0.1, 0.15) is 5.82 Å². The van der Waals surface area contributed by atoms with E-state index in [4.69, 9.17) is 16.6 Å². The summed E-state index contributed by atoms with van der Waals surface area (Å²) >= 11 is 7.42. The number of carbonyl (C=O) groups is 1. The number of amides is 1. The van der Waals surface area contributed by atoms with Crippen LogP contribution < -0.4 is 4.90 Å². The molecule has 29 heavy (non-hydrogen) atoms. The van der Waals surface area contributed by atoms with Crippen LogP contribution in [-0.4, -0.2) is 10.9 Å². The van der Waals surface area contributed by atoms with E-state index >= 15 is 0 Å². The van der Waals surface area contributed by atoms with Crippen molar-refractivity contribution in [2.24, 2.45) is 5.92 Å². The van der Waals surface area contributed by atoms with Crippen LogP contribution >= 0.6 is 22.9 Å². The molecule has 0 saturated heterocycles. The van der Waals surface area contributed by atoms with Crippen LogP contribution in [0.15, 0.2) is 48.5 Å². The molecule has 1 amide bonds. The van der Waals surface area contributed by atoms with Gasteiger partial charge in [0, 0.05) is 21.4 Å². The summed E-state index contributed by atoms with van der Waals surface area (Å²) in [6.07, 6.45) is 4.92. The maximum absolute atomic E-state index is 14.7. The van der Waals surface area contributed by atoms with Crippen LogP contribution in [0.25, 0.3) is 11.3 Å². The second kappa shape index (κ2) is 8.64. The molecule has 3 nitrogen and oxygen atoms in total. The second-order valence-corrected chi connectivity index (χ2v) is 8.99. The molecule has 0 spiro atoms. The zero-order valence-electron chi connectivity index (χ0n) is 16.2. The van der Waals surface area contributed by atoms with Gasteiger partial charge in [-0.05, 0) is 44.0 Å². The Morgan fingerprint density at radius 3 is 2.48 bits per heavy atom. The number of nitrogens with zero attached hydrogens (tertiary/aromatic N) is 2. The standard InChI is InChI=1S/C23H22ClFN2OS/c1-15-21(16-11-13-18(24)14-12-16)26-23(29-15)27(20-10-6-5-9-19(20)25)22(28)17-7-3-2-4-8-17/h5-6,9-14,17H,2-4,7-8H2,1H3. The zero-order chi connectivity index (χ0) is 20.4. The van der Waals surface area contributed by atoms with Crippen molar-refractivity contribution < 1.29 is 9.18 Å². The number of aromatic nitrogens is 1. The van der Waals surface area contributed by atoms with Gasteiger partial charge in [-0.25, -0.2) is 9.37 Å². The van der Waals surface area contributed by atoms with Crippen molar-refractivity contribution in [3.63, 3.8) is 0 Å². The van der Waals surface area contributed by atoms with Gasteiger partial charge in [0.15, 0.2) is 5.13 Å². The highest BCUT2D eigenvalue weighted by atomic mass is 35.5. The van der Waals surface area contributed by atoms with Gasteiger partial charge in [0.05, 0.1) is 11.4 Å². The Morgan fingerprint density at radius 2 is 1.79 bits per heavy atom. The number of thiazole rings is 1. The van der Waals surface area contributed by atoms with E-state index in [-0.39, 0.29) is 17.5 Å². The Balaban J connectivity index is 1.77. The van der Waals surface area contributed by atoms with E-state index in [9.17, 15) is 9.18 Å². The number of anilines is 2. The van der Waals surface area contributed by atoms with Crippen LogP contribution in [0.3, 0.4) is 0 Å². The molecule has 0 radical (unpaired) electrons. The molecule has 1 aromatic heterocycles. The van der Waals surface area contributed by atoms with E-state index in [1.807, 2.05) is 31.2 Å². The average molecular weight is 429 g/mol. The number of halogens is 2. The Morgan fingerprint density at radius 1 is 1.10 bits per heavy atom. The summed E-state index contributed by atoms with van der Waals surface area (Å²) in [5.74, 6) is -0.574. The number of benzene rings is 2. The maximum atomic E-state index is 14.7. The topological polar surface area (TPSA) is 33.2 Å². The fourth-order valence-corrected chi connectivity index (χ4v) is 4.91. The largest absolute Gasteiger partial charge is 0.274 e. The summed E-state index contributed by atoms with van der Waals surface area (Å²) in [4.78, 5) is 20.7. The van der Waals surface area contributed by atoms with Crippen LogP contribution in [0, 0.1) is 18.7 Å². The molecule has 6 heteroatoms. The first-order chi connectivity index (χ1) is 14.0. The highest BCUT2D eigenvalue weighted by Crippen LogP contribution is 2.39. The third-order valence-electron chi connectivity index (χ3n) is 5.36. The highest BCUT2D eigenvalue weighted by molar-refractivity contribution is 7.16. The number of hydrogen-bond acceptors (Lipinski definition) is 3. The minimum absolute atomic E-state index is 0.0637. The summed E-state index contributed by atoms with van der Waals surface area (Å²) in [7, 11) is 0. The fraction of sp³-hybridized carbons (Fsp3) is 0.304. The smallest absolute Gasteiger partial charge is 0.236 e. The molecule has 1 fully saturated rings. The van der Waals surface area contributed by atoms with Gasteiger partial charge in [0.25, 0.3) is 0 Å². The van der Waals surface area contributed by atoms with Crippen molar-refractivity contribution in [2.45, 2.75) is 39.0 Å². The normalized spacial score (nSPS) is 14.7. The van der Waals surface area contributed by atoms with Gasteiger partial charge in [-0.1, -0.05) is 55.1 Å². The van der Waals surface area contributed by atoms with Gasteiger partial charge in [-0.2, -0.15) is 0 Å². The molecule has 0 bridgehead atoms. The molecule has 0 unspecified atom stereocenters. The molecule has 0 atom stereocenters. The fourth-order valence-electron chi connectivity index (χ4n) is 3.83. The Hall–Kier alpha value is -2.24. The van der Waals surface area contributed by atoms with Crippen molar-refractivity contribution >= 4 is 39.7 Å². The van der Waals surface area contributed by atoms with Crippen molar-refractivity contribution in [3.8, 4) is 11.3 Å². The molecule has 0 N–H and O–H groups in total. The lowest BCUT2D eigenvalue weighted by Gasteiger charge is -2.28. The summed E-state index contributed by atoms with van der Waals surface area (Å²) < 4.78 is 14.7. The maximum Gasteiger partial charge on any atom is 0.236 e. The quantitative estimate of drug-likeness (QED) is 0.441. The molecule has 3 aromatic rings. The molecular formula is C23H22ClFN2OS. The summed E-state index contributed by atoms with van der Waals surface area (Å²) in [5.41, 5.74) is 1.98. The van der Waals surface area contributed by atoms with Crippen LogP contribution in [0.4, 0.5) is 15.2 Å². The van der Waals surface area contributed by atoms with Crippen molar-refractivity contribution in [2.75, 3.05) is 4.90 Å². The lowest BCUT2D eigenvalue weighted by molar-refractivity contribution is -0.122. The summed E-state index contributed by atoms with van der Waals surface area (Å²) in [6, 6.07) is 13.9. The third kappa shape index (κ3) is 4.21. The SMILES string of the molecule is Cc1sc(N(C(=O)C2CCCCC2)c2ccccc2F)nc1-c1ccc(Cl)cc1. The van der Waals surface area contributed by atoms with E-state index in [0.29, 0.717) is 10.2 Å². The molecule has 2 aromatic carbocycles. The van der Waals surface area contributed by atoms with Crippen LogP contribution in [0.2, 0.25) is 5.02 Å². The van der Waals surface area contributed by atoms with E-state index in [1.54, 1.807) is 18.2 Å². The van der Waals surface area contributed by atoms with E-state index < -0.39 is 5.82 Å². The lowest BCUT2D eigenvalue weighted by Crippen LogP contribution is -2.34. The number of aryl methyl sites for hydroxylation is 1. The van der Waals surface area contributed by atoms with Gasteiger partial charge in [-0.3, -0.25) is 9.69 Å². The van der Waals surface area contributed by atoms with Crippen LogP contribution in [0.5, 0.6) is 0 Å². The monoisotopic (exact) mass is 428 g/mol. The highest BCUT2D eigenvalue weighted by Gasteiger charge is 2.31. The third-order valence-corrected chi connectivity index (χ3v) is 6.57. The molecule has 150 valence electrons. The Bertz CT molecular complexity index is 1010. The minimum Gasteiger partial charge on any atom is -0.274 e. The first kappa shape index (κ1) is 20.0. The number of para-hydroxylation sites is 1. The van der Waals surface area contributed by atoms with E-state index in [0.717, 1.165) is 48.2 Å². The number of rotatable bonds is 4. The van der Waals surface area contributed by atoms with Crippen molar-refractivity contribution in [1.82, 2.24) is 4.98 Å². The number of carbonyl (C=O) groups excluding carboxylic acids is 1. The Kier molecular flexibility index (Phi) is 5.97. The van der Waals surface area contributed by atoms with Gasteiger partial charge < -0.3 is 0 Å². The van der Waals surface area contributed by atoms with Crippen LogP contribution in [-0.2, 0) is 4.79 Å². The average Bonchev–Trinajstić information content (AvgIpc) is 3.12. The molecule has 0 aliphatic heterocycles. The first-order valence-corrected chi connectivity index (χ1v) is 11.1. The lowest BCUT2D eigenvalue weighted by atomic mass is 9.88.